The van der Waals surface area contributed by atoms with Crippen molar-refractivity contribution in [1.82, 2.24) is 5.32 Å². The van der Waals surface area contributed by atoms with E-state index in [1.807, 2.05) is 12.1 Å². The lowest BCUT2D eigenvalue weighted by atomic mass is 10.1. The van der Waals surface area contributed by atoms with Gasteiger partial charge in [0.25, 0.3) is 5.91 Å². The van der Waals surface area contributed by atoms with Crippen molar-refractivity contribution >= 4 is 22.6 Å². The van der Waals surface area contributed by atoms with E-state index < -0.39 is 18.5 Å². The van der Waals surface area contributed by atoms with E-state index in [0.29, 0.717) is 11.9 Å². The summed E-state index contributed by atoms with van der Waals surface area (Å²) in [5.41, 5.74) is 0.0326. The van der Waals surface area contributed by atoms with Crippen LogP contribution in [0.4, 0.5) is 0 Å². The lowest BCUT2D eigenvalue weighted by Crippen LogP contribution is -2.28. The van der Waals surface area contributed by atoms with Crippen molar-refractivity contribution in [2.45, 2.75) is 0 Å². The van der Waals surface area contributed by atoms with Crippen LogP contribution in [0.3, 0.4) is 0 Å². The Hall–Kier alpha value is -2.82. The molecule has 2 aromatic rings. The molecule has 1 amide bonds. The summed E-state index contributed by atoms with van der Waals surface area (Å²) in [7, 11) is 0. The number of nitrogens with one attached hydrogen (secondary N) is 1. The largest absolute Gasteiger partial charge is 0.506 e. The van der Waals surface area contributed by atoms with Gasteiger partial charge in [0.2, 0.25) is 0 Å². The van der Waals surface area contributed by atoms with Crippen molar-refractivity contribution in [1.29, 1.82) is 0 Å². The van der Waals surface area contributed by atoms with Gasteiger partial charge in [-0.05, 0) is 11.5 Å². The van der Waals surface area contributed by atoms with Crippen LogP contribution in [0.15, 0.2) is 49.1 Å². The minimum absolute atomic E-state index is 0.0326. The molecule has 0 aliphatic heterocycles. The molecule has 0 aromatic heterocycles. The highest BCUT2D eigenvalue weighted by Gasteiger charge is 2.16. The smallest absolute Gasteiger partial charge is 0.342 e. The van der Waals surface area contributed by atoms with Crippen LogP contribution in [0.5, 0.6) is 5.75 Å². The van der Waals surface area contributed by atoms with E-state index in [-0.39, 0.29) is 11.3 Å². The molecule has 0 atom stereocenters. The molecule has 2 rings (SSSR count). The molecule has 0 aliphatic rings. The molecule has 0 radical (unpaired) electrons. The summed E-state index contributed by atoms with van der Waals surface area (Å²) in [6, 6.07) is 10.3. The van der Waals surface area contributed by atoms with Gasteiger partial charge >= 0.3 is 5.97 Å². The highest BCUT2D eigenvalue weighted by molar-refractivity contribution is 6.01. The van der Waals surface area contributed by atoms with Crippen molar-refractivity contribution in [3.05, 3.63) is 54.6 Å². The van der Waals surface area contributed by atoms with Crippen LogP contribution in [0.25, 0.3) is 10.8 Å². The van der Waals surface area contributed by atoms with Gasteiger partial charge < -0.3 is 15.2 Å². The maximum Gasteiger partial charge on any atom is 0.342 e. The second kappa shape index (κ2) is 6.56. The summed E-state index contributed by atoms with van der Waals surface area (Å²) < 4.78 is 4.87. The van der Waals surface area contributed by atoms with Gasteiger partial charge in [-0.15, -0.1) is 6.58 Å². The minimum atomic E-state index is -0.744. The molecule has 0 aliphatic carbocycles. The Morgan fingerprint density at radius 1 is 1.24 bits per heavy atom. The molecule has 0 spiro atoms. The second-order valence-corrected chi connectivity index (χ2v) is 4.35. The average Bonchev–Trinajstić information content (AvgIpc) is 2.51. The van der Waals surface area contributed by atoms with E-state index >= 15 is 0 Å². The molecule has 2 aromatic carbocycles. The number of aromatic hydroxyl groups is 1. The number of ether oxygens (including phenoxy) is 1. The third-order valence-electron chi connectivity index (χ3n) is 2.90. The zero-order valence-electron chi connectivity index (χ0n) is 11.3. The summed E-state index contributed by atoms with van der Waals surface area (Å²) in [6.45, 7) is 3.36. The fourth-order valence-electron chi connectivity index (χ4n) is 1.87. The minimum Gasteiger partial charge on any atom is -0.506 e. The second-order valence-electron chi connectivity index (χ2n) is 4.35. The first-order chi connectivity index (χ1) is 10.1. The number of benzene rings is 2. The van der Waals surface area contributed by atoms with Crippen molar-refractivity contribution in [2.75, 3.05) is 13.2 Å². The Morgan fingerprint density at radius 3 is 2.76 bits per heavy atom. The molecule has 0 bridgehead atoms. The average molecular weight is 285 g/mol. The van der Waals surface area contributed by atoms with Crippen LogP contribution in [-0.2, 0) is 9.53 Å². The zero-order valence-corrected chi connectivity index (χ0v) is 11.3. The first kappa shape index (κ1) is 14.6. The van der Waals surface area contributed by atoms with Crippen LogP contribution in [-0.4, -0.2) is 30.1 Å². The van der Waals surface area contributed by atoms with Crippen molar-refractivity contribution in [3.63, 3.8) is 0 Å². The first-order valence-electron chi connectivity index (χ1n) is 6.39. The number of amides is 1. The third kappa shape index (κ3) is 3.39. The Kier molecular flexibility index (Phi) is 4.56. The molecule has 2 N–H and O–H groups in total. The Labute approximate surface area is 121 Å². The third-order valence-corrected chi connectivity index (χ3v) is 2.90. The molecule has 0 saturated heterocycles. The van der Waals surface area contributed by atoms with Crippen LogP contribution >= 0.6 is 0 Å². The molecular weight excluding hydrogens is 270 g/mol. The van der Waals surface area contributed by atoms with Crippen molar-refractivity contribution in [2.24, 2.45) is 0 Å². The van der Waals surface area contributed by atoms with E-state index in [0.717, 1.165) is 5.39 Å². The fourth-order valence-corrected chi connectivity index (χ4v) is 1.87. The van der Waals surface area contributed by atoms with Gasteiger partial charge in [0, 0.05) is 11.9 Å². The predicted molar refractivity (Wildman–Crippen MR) is 79.1 cm³/mol. The number of phenolic OH excluding ortho intramolecular Hbond substituents is 1. The molecule has 5 heteroatoms. The Morgan fingerprint density at radius 2 is 2.00 bits per heavy atom. The number of carbonyl (C=O) groups is 2. The number of esters is 1. The fraction of sp³-hybridized carbons (Fsp3) is 0.125. The molecular formula is C16H15NO4. The molecule has 0 heterocycles. The van der Waals surface area contributed by atoms with Gasteiger partial charge in [-0.25, -0.2) is 4.79 Å². The topological polar surface area (TPSA) is 75.6 Å². The van der Waals surface area contributed by atoms with E-state index in [9.17, 15) is 14.7 Å². The molecule has 108 valence electrons. The molecule has 5 nitrogen and oxygen atoms in total. The normalized spacial score (nSPS) is 10.1. The van der Waals surface area contributed by atoms with Crippen molar-refractivity contribution in [3.8, 4) is 5.75 Å². The standard InChI is InChI=1S/C16H15NO4/c1-2-9-17-14(18)10-21-16(20)13-8-7-11-5-3-4-6-12(11)15(13)19/h2-8,19H,1,9-10H2,(H,17,18). The van der Waals surface area contributed by atoms with Crippen molar-refractivity contribution < 1.29 is 19.4 Å². The lowest BCUT2D eigenvalue weighted by Gasteiger charge is -2.08. The molecule has 0 unspecified atom stereocenters. The number of carbonyl (C=O) groups excluding carboxylic acids is 2. The van der Waals surface area contributed by atoms with Crippen LogP contribution in [0.1, 0.15) is 10.4 Å². The maximum absolute atomic E-state index is 11.9. The zero-order chi connectivity index (χ0) is 15.2. The van der Waals surface area contributed by atoms with Crippen LogP contribution in [0.2, 0.25) is 0 Å². The Balaban J connectivity index is 2.11. The lowest BCUT2D eigenvalue weighted by molar-refractivity contribution is -0.124. The molecule has 0 fully saturated rings. The van der Waals surface area contributed by atoms with Gasteiger partial charge in [0.15, 0.2) is 6.61 Å². The summed E-state index contributed by atoms with van der Waals surface area (Å²) >= 11 is 0. The number of rotatable bonds is 5. The highest BCUT2D eigenvalue weighted by Crippen LogP contribution is 2.28. The SMILES string of the molecule is C=CCNC(=O)COC(=O)c1ccc2ccccc2c1O. The van der Waals surface area contributed by atoms with Gasteiger partial charge in [-0.2, -0.15) is 0 Å². The van der Waals surface area contributed by atoms with Gasteiger partial charge in [-0.3, -0.25) is 4.79 Å². The summed E-state index contributed by atoms with van der Waals surface area (Å²) in [5, 5.41) is 14.0. The van der Waals surface area contributed by atoms with E-state index in [2.05, 4.69) is 11.9 Å². The predicted octanol–water partition coefficient (Wildman–Crippen LogP) is 2.00. The number of fused-ring (bicyclic) bond motifs is 1. The van der Waals surface area contributed by atoms with Crippen LogP contribution < -0.4 is 5.32 Å². The number of hydrogen-bond donors (Lipinski definition) is 2. The number of hydrogen-bond acceptors (Lipinski definition) is 4. The van der Waals surface area contributed by atoms with Gasteiger partial charge in [0.05, 0.1) is 0 Å². The summed E-state index contributed by atoms with van der Waals surface area (Å²) in [5.74, 6) is -1.32. The van der Waals surface area contributed by atoms with E-state index in [1.54, 1.807) is 18.2 Å². The van der Waals surface area contributed by atoms with E-state index in [4.69, 9.17) is 4.74 Å². The van der Waals surface area contributed by atoms with E-state index in [1.165, 1.54) is 12.1 Å². The Bertz CT molecular complexity index is 694. The quantitative estimate of drug-likeness (QED) is 0.651. The first-order valence-corrected chi connectivity index (χ1v) is 6.39. The monoisotopic (exact) mass is 285 g/mol. The highest BCUT2D eigenvalue weighted by atomic mass is 16.5. The van der Waals surface area contributed by atoms with Gasteiger partial charge in [-0.1, -0.05) is 36.4 Å². The van der Waals surface area contributed by atoms with Gasteiger partial charge in [0.1, 0.15) is 11.3 Å². The number of phenols is 1. The van der Waals surface area contributed by atoms with Crippen LogP contribution in [0, 0.1) is 0 Å². The summed E-state index contributed by atoms with van der Waals surface area (Å²) in [4.78, 5) is 23.2. The molecule has 21 heavy (non-hydrogen) atoms. The molecule has 0 saturated carbocycles. The maximum atomic E-state index is 11.9. The summed E-state index contributed by atoms with van der Waals surface area (Å²) in [6.07, 6.45) is 1.52.